The van der Waals surface area contributed by atoms with Crippen molar-refractivity contribution >= 4 is 0 Å². The summed E-state index contributed by atoms with van der Waals surface area (Å²) in [4.78, 5) is 0. The van der Waals surface area contributed by atoms with Gasteiger partial charge in [-0.3, -0.25) is 0 Å². The second-order valence-electron chi connectivity index (χ2n) is 1.29. The van der Waals surface area contributed by atoms with Crippen LogP contribution in [0.5, 0.6) is 0 Å². The highest BCUT2D eigenvalue weighted by atomic mass is 16.3. The van der Waals surface area contributed by atoms with Crippen molar-refractivity contribution in [3.05, 3.63) is 7.05 Å². The second kappa shape index (κ2) is 4.05. The largest absolute Gasteiger partial charge is 0.394 e. The fourth-order valence-electron chi connectivity index (χ4n) is 0.231. The number of rotatable bonds is 3. The van der Waals surface area contributed by atoms with E-state index >= 15 is 0 Å². The molecule has 0 heterocycles. The normalized spacial score (nSPS) is 14.1. The zero-order valence-electron chi connectivity index (χ0n) is 4.09. The molecule has 0 aromatic carbocycles. The van der Waals surface area contributed by atoms with E-state index in [0.29, 0.717) is 6.54 Å². The Morgan fingerprint density at radius 2 is 2.29 bits per heavy atom. The third-order valence-electron chi connectivity index (χ3n) is 0.591. The fourth-order valence-corrected chi connectivity index (χ4v) is 0.231. The Kier molecular flexibility index (Phi) is 3.98. The molecule has 1 unspecified atom stereocenters. The Balaban J connectivity index is 2.83. The molecule has 0 aromatic heterocycles. The van der Waals surface area contributed by atoms with Gasteiger partial charge in [0.1, 0.15) is 0 Å². The minimum Gasteiger partial charge on any atom is -0.394 e. The molecule has 1 radical (unpaired) electrons. The molecule has 0 aliphatic rings. The van der Waals surface area contributed by atoms with Crippen molar-refractivity contribution in [1.29, 1.82) is 0 Å². The molecule has 1 atom stereocenters. The summed E-state index contributed by atoms with van der Waals surface area (Å²) in [6, 6.07) is 0. The molecule has 0 saturated carbocycles. The molecule has 0 aliphatic carbocycles. The van der Waals surface area contributed by atoms with Crippen LogP contribution >= 0.6 is 0 Å². The van der Waals surface area contributed by atoms with Gasteiger partial charge in [-0.25, -0.2) is 0 Å². The summed E-state index contributed by atoms with van der Waals surface area (Å²) in [7, 11) is 3.25. The molecule has 3 nitrogen and oxygen atoms in total. The molecule has 0 amide bonds. The Morgan fingerprint density at radius 3 is 2.43 bits per heavy atom. The summed E-state index contributed by atoms with van der Waals surface area (Å²) in [6.45, 7) is 0.138. The van der Waals surface area contributed by atoms with Crippen LogP contribution in [0.4, 0.5) is 0 Å². The van der Waals surface area contributed by atoms with Gasteiger partial charge in [0, 0.05) is 13.6 Å². The fraction of sp³-hybridized carbons (Fsp3) is 0.750. The highest BCUT2D eigenvalue weighted by molar-refractivity contribution is 4.54. The van der Waals surface area contributed by atoms with Crippen LogP contribution in [0.1, 0.15) is 0 Å². The third-order valence-corrected chi connectivity index (χ3v) is 0.591. The van der Waals surface area contributed by atoms with Crippen LogP contribution in [0.25, 0.3) is 0 Å². The van der Waals surface area contributed by atoms with E-state index in [9.17, 15) is 0 Å². The van der Waals surface area contributed by atoms with Gasteiger partial charge >= 0.3 is 0 Å². The van der Waals surface area contributed by atoms with E-state index in [4.69, 9.17) is 10.2 Å². The van der Waals surface area contributed by atoms with E-state index in [-0.39, 0.29) is 6.61 Å². The number of aliphatic hydroxyl groups is 2. The minimum atomic E-state index is -0.669. The lowest BCUT2D eigenvalue weighted by Crippen LogP contribution is -2.25. The predicted octanol–water partition coefficient (Wildman–Crippen LogP) is -1.28. The van der Waals surface area contributed by atoms with Crippen molar-refractivity contribution in [2.24, 2.45) is 0 Å². The number of nitrogens with one attached hydrogen (secondary N) is 1. The lowest BCUT2D eigenvalue weighted by Gasteiger charge is -2.02. The average molecular weight is 104 g/mol. The zero-order valence-corrected chi connectivity index (χ0v) is 4.09. The monoisotopic (exact) mass is 104 g/mol. The molecular weight excluding hydrogens is 94.0 g/mol. The van der Waals surface area contributed by atoms with Gasteiger partial charge < -0.3 is 15.5 Å². The smallest absolute Gasteiger partial charge is 0.0894 e. The van der Waals surface area contributed by atoms with E-state index < -0.39 is 6.10 Å². The van der Waals surface area contributed by atoms with Gasteiger partial charge in [0.2, 0.25) is 0 Å². The van der Waals surface area contributed by atoms with E-state index in [1.54, 1.807) is 0 Å². The molecule has 7 heavy (non-hydrogen) atoms. The molecular formula is C4H10NO2. The molecule has 0 bridgehead atoms. The van der Waals surface area contributed by atoms with Gasteiger partial charge in [0.15, 0.2) is 0 Å². The Hall–Kier alpha value is -0.120. The Bertz CT molecular complexity index is 40.7. The molecule has 0 fully saturated rings. The molecule has 0 saturated heterocycles. The van der Waals surface area contributed by atoms with Crippen LogP contribution < -0.4 is 5.32 Å². The third kappa shape index (κ3) is 3.72. The number of hydrogen-bond donors (Lipinski definition) is 3. The standard InChI is InChI=1S/C4H10NO2/c1-5-2-4(7)3-6/h4-7H,1-3H2. The summed E-state index contributed by atoms with van der Waals surface area (Å²) in [6.07, 6.45) is -0.669. The molecule has 43 valence electrons. The van der Waals surface area contributed by atoms with E-state index in [2.05, 4.69) is 12.4 Å². The van der Waals surface area contributed by atoms with Gasteiger partial charge in [-0.2, -0.15) is 0 Å². The zero-order chi connectivity index (χ0) is 5.70. The van der Waals surface area contributed by atoms with Crippen LogP contribution in [0.3, 0.4) is 0 Å². The minimum absolute atomic E-state index is 0.206. The van der Waals surface area contributed by atoms with Gasteiger partial charge in [0.05, 0.1) is 12.7 Å². The van der Waals surface area contributed by atoms with Crippen LogP contribution in [-0.2, 0) is 0 Å². The quantitative estimate of drug-likeness (QED) is 0.418. The van der Waals surface area contributed by atoms with E-state index in [1.807, 2.05) is 0 Å². The number of hydrogen-bond acceptors (Lipinski definition) is 3. The van der Waals surface area contributed by atoms with Gasteiger partial charge in [0.25, 0.3) is 0 Å². The maximum atomic E-state index is 8.51. The molecule has 0 spiro atoms. The highest BCUT2D eigenvalue weighted by Crippen LogP contribution is 1.72. The Morgan fingerprint density at radius 1 is 1.71 bits per heavy atom. The molecule has 0 aromatic rings. The van der Waals surface area contributed by atoms with Crippen LogP contribution in [0.2, 0.25) is 0 Å². The van der Waals surface area contributed by atoms with Crippen LogP contribution in [0.15, 0.2) is 0 Å². The van der Waals surface area contributed by atoms with E-state index in [1.165, 1.54) is 0 Å². The van der Waals surface area contributed by atoms with Crippen molar-refractivity contribution in [2.45, 2.75) is 6.10 Å². The van der Waals surface area contributed by atoms with Crippen molar-refractivity contribution in [1.82, 2.24) is 5.32 Å². The predicted molar refractivity (Wildman–Crippen MR) is 26.5 cm³/mol. The average Bonchev–Trinajstić information content (AvgIpc) is 1.68. The first-order valence-electron chi connectivity index (χ1n) is 2.10. The van der Waals surface area contributed by atoms with Gasteiger partial charge in [-0.1, -0.05) is 0 Å². The second-order valence-corrected chi connectivity index (χ2v) is 1.29. The SMILES string of the molecule is [CH2]NCC(O)CO. The maximum absolute atomic E-state index is 8.51. The van der Waals surface area contributed by atoms with Crippen molar-refractivity contribution in [3.8, 4) is 0 Å². The lowest BCUT2D eigenvalue weighted by molar-refractivity contribution is 0.0970. The lowest BCUT2D eigenvalue weighted by atomic mass is 10.4. The van der Waals surface area contributed by atoms with Gasteiger partial charge in [-0.15, -0.1) is 0 Å². The van der Waals surface area contributed by atoms with Gasteiger partial charge in [-0.05, 0) is 0 Å². The maximum Gasteiger partial charge on any atom is 0.0894 e. The van der Waals surface area contributed by atoms with Crippen molar-refractivity contribution < 1.29 is 10.2 Å². The highest BCUT2D eigenvalue weighted by Gasteiger charge is 1.95. The summed E-state index contributed by atoms with van der Waals surface area (Å²) >= 11 is 0. The first-order chi connectivity index (χ1) is 3.31. The summed E-state index contributed by atoms with van der Waals surface area (Å²) in [5, 5.41) is 19.1. The van der Waals surface area contributed by atoms with Crippen LogP contribution in [0, 0.1) is 7.05 Å². The number of aliphatic hydroxyl groups excluding tert-OH is 2. The first-order valence-corrected chi connectivity index (χ1v) is 2.10. The van der Waals surface area contributed by atoms with Crippen LogP contribution in [-0.4, -0.2) is 29.5 Å². The molecule has 3 N–H and O–H groups in total. The molecule has 0 rings (SSSR count). The molecule has 0 aliphatic heterocycles. The topological polar surface area (TPSA) is 52.5 Å². The van der Waals surface area contributed by atoms with Crippen molar-refractivity contribution in [3.63, 3.8) is 0 Å². The molecule has 3 heteroatoms. The van der Waals surface area contributed by atoms with E-state index in [0.717, 1.165) is 0 Å². The summed E-state index contributed by atoms with van der Waals surface area (Å²) in [5.41, 5.74) is 0. The Labute approximate surface area is 43.0 Å². The summed E-state index contributed by atoms with van der Waals surface area (Å²) < 4.78 is 0. The summed E-state index contributed by atoms with van der Waals surface area (Å²) in [5.74, 6) is 0. The first kappa shape index (κ1) is 6.88. The van der Waals surface area contributed by atoms with Crippen molar-refractivity contribution in [2.75, 3.05) is 13.2 Å².